The SMILES string of the molecule is COC(=O)C(Cc1ccccc1)NC(=O)[C@@H]1CCCN1C(=O)OC(C)(C)C. The molecule has 1 N–H and O–H groups in total. The number of amides is 2. The van der Waals surface area contributed by atoms with Gasteiger partial charge in [-0.05, 0) is 39.2 Å². The van der Waals surface area contributed by atoms with E-state index in [0.717, 1.165) is 5.56 Å². The monoisotopic (exact) mass is 376 g/mol. The van der Waals surface area contributed by atoms with E-state index in [0.29, 0.717) is 25.8 Å². The molecular formula is C20H28N2O5. The molecule has 0 radical (unpaired) electrons. The van der Waals surface area contributed by atoms with Gasteiger partial charge in [0.25, 0.3) is 0 Å². The molecule has 0 bridgehead atoms. The van der Waals surface area contributed by atoms with Crippen molar-refractivity contribution < 1.29 is 23.9 Å². The zero-order chi connectivity index (χ0) is 20.0. The van der Waals surface area contributed by atoms with E-state index in [1.807, 2.05) is 30.3 Å². The third kappa shape index (κ3) is 5.98. The van der Waals surface area contributed by atoms with Crippen LogP contribution < -0.4 is 5.32 Å². The Bertz CT molecular complexity index is 669. The van der Waals surface area contributed by atoms with Crippen LogP contribution in [0.15, 0.2) is 30.3 Å². The van der Waals surface area contributed by atoms with Gasteiger partial charge in [-0.25, -0.2) is 9.59 Å². The molecule has 0 aromatic heterocycles. The zero-order valence-electron chi connectivity index (χ0n) is 16.4. The number of rotatable bonds is 5. The number of benzene rings is 1. The molecule has 2 atom stereocenters. The molecule has 7 heteroatoms. The number of nitrogens with zero attached hydrogens (tertiary/aromatic N) is 1. The Labute approximate surface area is 160 Å². The summed E-state index contributed by atoms with van der Waals surface area (Å²) in [6.07, 6.45) is 1.04. The van der Waals surface area contributed by atoms with Crippen molar-refractivity contribution in [1.29, 1.82) is 0 Å². The van der Waals surface area contributed by atoms with Crippen LogP contribution in [0.5, 0.6) is 0 Å². The summed E-state index contributed by atoms with van der Waals surface area (Å²) in [6, 6.07) is 7.91. The van der Waals surface area contributed by atoms with Crippen LogP contribution in [0.3, 0.4) is 0 Å². The fourth-order valence-corrected chi connectivity index (χ4v) is 3.03. The minimum atomic E-state index is -0.814. The maximum atomic E-state index is 12.8. The molecule has 148 valence electrons. The number of nitrogens with one attached hydrogen (secondary N) is 1. The van der Waals surface area contributed by atoms with Crippen LogP contribution in [-0.2, 0) is 25.5 Å². The molecule has 1 aliphatic heterocycles. The molecule has 1 heterocycles. The molecule has 1 aliphatic rings. The van der Waals surface area contributed by atoms with E-state index in [4.69, 9.17) is 9.47 Å². The van der Waals surface area contributed by atoms with Gasteiger partial charge in [0.1, 0.15) is 17.7 Å². The largest absolute Gasteiger partial charge is 0.467 e. The fourth-order valence-electron chi connectivity index (χ4n) is 3.03. The van der Waals surface area contributed by atoms with Crippen LogP contribution in [0.2, 0.25) is 0 Å². The van der Waals surface area contributed by atoms with Crippen LogP contribution >= 0.6 is 0 Å². The van der Waals surface area contributed by atoms with E-state index in [-0.39, 0.29) is 5.91 Å². The molecule has 1 unspecified atom stereocenters. The Hall–Kier alpha value is -2.57. The Balaban J connectivity index is 2.06. The van der Waals surface area contributed by atoms with Gasteiger partial charge in [0.05, 0.1) is 7.11 Å². The summed E-state index contributed by atoms with van der Waals surface area (Å²) in [7, 11) is 1.29. The first-order chi connectivity index (χ1) is 12.7. The minimum absolute atomic E-state index is 0.318. The van der Waals surface area contributed by atoms with Gasteiger partial charge in [-0.3, -0.25) is 9.69 Å². The summed E-state index contributed by atoms with van der Waals surface area (Å²) in [5.41, 5.74) is 0.270. The number of carbonyl (C=O) groups is 3. The van der Waals surface area contributed by atoms with Gasteiger partial charge in [0, 0.05) is 13.0 Å². The number of carbonyl (C=O) groups excluding carboxylic acids is 3. The predicted molar refractivity (Wildman–Crippen MR) is 100 cm³/mol. The van der Waals surface area contributed by atoms with E-state index in [2.05, 4.69) is 5.32 Å². The summed E-state index contributed by atoms with van der Waals surface area (Å²) < 4.78 is 10.2. The van der Waals surface area contributed by atoms with Crippen LogP contribution in [-0.4, -0.2) is 54.2 Å². The second-order valence-electron chi connectivity index (χ2n) is 7.61. The molecule has 1 saturated heterocycles. The van der Waals surface area contributed by atoms with E-state index in [9.17, 15) is 14.4 Å². The lowest BCUT2D eigenvalue weighted by molar-refractivity contribution is -0.145. The van der Waals surface area contributed by atoms with Crippen molar-refractivity contribution in [1.82, 2.24) is 10.2 Å². The van der Waals surface area contributed by atoms with Crippen LogP contribution in [0.25, 0.3) is 0 Å². The summed E-state index contributed by atoms with van der Waals surface area (Å²) >= 11 is 0. The standard InChI is InChI=1S/C20H28N2O5/c1-20(2,3)27-19(25)22-12-8-11-16(22)17(23)21-15(18(24)26-4)13-14-9-6-5-7-10-14/h5-7,9-10,15-16H,8,11-13H2,1-4H3,(H,21,23)/t15?,16-/m0/s1. The Morgan fingerprint density at radius 2 is 1.89 bits per heavy atom. The average molecular weight is 376 g/mol. The highest BCUT2D eigenvalue weighted by molar-refractivity contribution is 5.90. The topological polar surface area (TPSA) is 84.9 Å². The third-order valence-electron chi connectivity index (χ3n) is 4.27. The molecule has 27 heavy (non-hydrogen) atoms. The maximum absolute atomic E-state index is 12.8. The summed E-state index contributed by atoms with van der Waals surface area (Å²) in [5.74, 6) is -0.890. The second-order valence-corrected chi connectivity index (χ2v) is 7.61. The van der Waals surface area contributed by atoms with E-state index in [1.54, 1.807) is 20.8 Å². The first kappa shape index (κ1) is 20.7. The zero-order valence-corrected chi connectivity index (χ0v) is 16.4. The number of hydrogen-bond donors (Lipinski definition) is 1. The number of likely N-dealkylation sites (tertiary alicyclic amines) is 1. The lowest BCUT2D eigenvalue weighted by atomic mass is 10.1. The Kier molecular flexibility index (Phi) is 6.82. The van der Waals surface area contributed by atoms with Gasteiger partial charge >= 0.3 is 12.1 Å². The predicted octanol–water partition coefficient (Wildman–Crippen LogP) is 2.29. The van der Waals surface area contributed by atoms with Crippen molar-refractivity contribution in [3.05, 3.63) is 35.9 Å². The lowest BCUT2D eigenvalue weighted by Crippen LogP contribution is -2.52. The molecule has 2 rings (SSSR count). The summed E-state index contributed by atoms with van der Waals surface area (Å²) in [5, 5.41) is 2.74. The second kappa shape index (κ2) is 8.88. The third-order valence-corrected chi connectivity index (χ3v) is 4.27. The van der Waals surface area contributed by atoms with Gasteiger partial charge in [0.2, 0.25) is 5.91 Å². The molecular weight excluding hydrogens is 348 g/mol. The van der Waals surface area contributed by atoms with Gasteiger partial charge in [-0.1, -0.05) is 30.3 Å². The first-order valence-electron chi connectivity index (χ1n) is 9.13. The molecule has 1 aromatic rings. The van der Waals surface area contributed by atoms with E-state index < -0.39 is 29.7 Å². The normalized spacial score (nSPS) is 17.9. The van der Waals surface area contributed by atoms with E-state index >= 15 is 0 Å². The van der Waals surface area contributed by atoms with Crippen molar-refractivity contribution in [3.8, 4) is 0 Å². The molecule has 0 saturated carbocycles. The first-order valence-corrected chi connectivity index (χ1v) is 9.13. The van der Waals surface area contributed by atoms with Gasteiger partial charge in [0.15, 0.2) is 0 Å². The summed E-state index contributed by atoms with van der Waals surface area (Å²) in [6.45, 7) is 5.80. The molecule has 0 aliphatic carbocycles. The molecule has 2 amide bonds. The molecule has 1 aromatic carbocycles. The minimum Gasteiger partial charge on any atom is -0.467 e. The summed E-state index contributed by atoms with van der Waals surface area (Å²) in [4.78, 5) is 38.7. The average Bonchev–Trinajstić information content (AvgIpc) is 3.10. The van der Waals surface area contributed by atoms with Gasteiger partial charge < -0.3 is 14.8 Å². The number of methoxy groups -OCH3 is 1. The van der Waals surface area contributed by atoms with Crippen molar-refractivity contribution in [2.45, 2.75) is 57.7 Å². The van der Waals surface area contributed by atoms with Crippen molar-refractivity contribution in [2.75, 3.05) is 13.7 Å². The van der Waals surface area contributed by atoms with Crippen LogP contribution in [0.4, 0.5) is 4.79 Å². The van der Waals surface area contributed by atoms with Gasteiger partial charge in [-0.2, -0.15) is 0 Å². The van der Waals surface area contributed by atoms with Crippen molar-refractivity contribution in [3.63, 3.8) is 0 Å². The highest BCUT2D eigenvalue weighted by Crippen LogP contribution is 2.21. The fraction of sp³-hybridized carbons (Fsp3) is 0.550. The number of ether oxygens (including phenoxy) is 2. The quantitative estimate of drug-likeness (QED) is 0.797. The number of hydrogen-bond acceptors (Lipinski definition) is 5. The maximum Gasteiger partial charge on any atom is 0.410 e. The van der Waals surface area contributed by atoms with E-state index in [1.165, 1.54) is 12.0 Å². The van der Waals surface area contributed by atoms with Crippen LogP contribution in [0.1, 0.15) is 39.2 Å². The van der Waals surface area contributed by atoms with Crippen molar-refractivity contribution in [2.24, 2.45) is 0 Å². The smallest absolute Gasteiger partial charge is 0.410 e. The molecule has 7 nitrogen and oxygen atoms in total. The van der Waals surface area contributed by atoms with Crippen molar-refractivity contribution >= 4 is 18.0 Å². The lowest BCUT2D eigenvalue weighted by Gasteiger charge is -2.28. The van der Waals surface area contributed by atoms with Crippen LogP contribution in [0, 0.1) is 0 Å². The van der Waals surface area contributed by atoms with Gasteiger partial charge in [-0.15, -0.1) is 0 Å². The molecule has 1 fully saturated rings. The number of esters is 1. The Morgan fingerprint density at radius 3 is 2.48 bits per heavy atom. The highest BCUT2D eigenvalue weighted by Gasteiger charge is 2.38. The Morgan fingerprint density at radius 1 is 1.22 bits per heavy atom. The molecule has 0 spiro atoms. The highest BCUT2D eigenvalue weighted by atomic mass is 16.6.